The average molecular weight is 522 g/mol. The number of ether oxygens (including phenoxy) is 1. The molecule has 3 aromatic rings. The Balaban J connectivity index is 1.94. The highest BCUT2D eigenvalue weighted by Crippen LogP contribution is 2.48. The Morgan fingerprint density at radius 2 is 2.09 bits per heavy atom. The monoisotopic (exact) mass is 521 g/mol. The van der Waals surface area contributed by atoms with Crippen LogP contribution in [0.2, 0.25) is 0 Å². The molecule has 2 heterocycles. The van der Waals surface area contributed by atoms with Gasteiger partial charge in [0.05, 0.1) is 18.2 Å². The number of halogens is 3. The van der Waals surface area contributed by atoms with E-state index in [-0.39, 0.29) is 5.75 Å². The van der Waals surface area contributed by atoms with Gasteiger partial charge in [-0.1, -0.05) is 18.2 Å². The third-order valence-corrected chi connectivity index (χ3v) is 7.93. The first-order valence-electron chi connectivity index (χ1n) is 11.0. The second kappa shape index (κ2) is 10.2. The van der Waals surface area contributed by atoms with Crippen molar-refractivity contribution in [2.75, 3.05) is 38.4 Å². The topological polar surface area (TPSA) is 45.7 Å². The summed E-state index contributed by atoms with van der Waals surface area (Å²) in [4.78, 5) is 21.3. The molecular weight excluding hydrogens is 495 g/mol. The largest absolute Gasteiger partial charge is 0.495 e. The van der Waals surface area contributed by atoms with Gasteiger partial charge in [0.25, 0.3) is 0 Å². The van der Waals surface area contributed by atoms with Crippen LogP contribution >= 0.6 is 23.1 Å². The number of carbonyl (C=O) groups is 1. The highest BCUT2D eigenvalue weighted by atomic mass is 32.2. The molecule has 0 N–H and O–H groups in total. The molecule has 35 heavy (non-hydrogen) atoms. The highest BCUT2D eigenvalue weighted by Gasteiger charge is 2.44. The van der Waals surface area contributed by atoms with E-state index in [9.17, 15) is 18.0 Å². The minimum Gasteiger partial charge on any atom is -0.495 e. The smallest absolute Gasteiger partial charge is 0.416 e. The van der Waals surface area contributed by atoms with Gasteiger partial charge in [-0.2, -0.15) is 13.2 Å². The summed E-state index contributed by atoms with van der Waals surface area (Å²) in [5, 5.41) is 2.77. The molecule has 0 aliphatic carbocycles. The van der Waals surface area contributed by atoms with E-state index in [4.69, 9.17) is 4.74 Å². The summed E-state index contributed by atoms with van der Waals surface area (Å²) in [6, 6.07) is 9.97. The lowest BCUT2D eigenvalue weighted by Gasteiger charge is -2.48. The predicted octanol–water partition coefficient (Wildman–Crippen LogP) is 6.14. The van der Waals surface area contributed by atoms with Crippen LogP contribution in [0.5, 0.6) is 5.75 Å². The third kappa shape index (κ3) is 4.92. The Kier molecular flexibility index (Phi) is 7.44. The van der Waals surface area contributed by atoms with Gasteiger partial charge in [-0.05, 0) is 56.5 Å². The fourth-order valence-electron chi connectivity index (χ4n) is 4.79. The van der Waals surface area contributed by atoms with Crippen LogP contribution in [0.4, 0.5) is 18.9 Å². The summed E-state index contributed by atoms with van der Waals surface area (Å²) in [7, 11) is 3.32. The van der Waals surface area contributed by atoms with Crippen LogP contribution in [0, 0.1) is 0 Å². The molecule has 1 aliphatic heterocycles. The number of hydrogen-bond donors (Lipinski definition) is 0. The van der Waals surface area contributed by atoms with E-state index in [1.54, 1.807) is 17.4 Å². The first-order chi connectivity index (χ1) is 16.7. The van der Waals surface area contributed by atoms with E-state index in [1.807, 2.05) is 36.7 Å². The first kappa shape index (κ1) is 25.5. The zero-order valence-electron chi connectivity index (χ0n) is 19.6. The van der Waals surface area contributed by atoms with Gasteiger partial charge in [-0.25, -0.2) is 4.98 Å². The van der Waals surface area contributed by atoms with Crippen LogP contribution in [0.3, 0.4) is 0 Å². The van der Waals surface area contributed by atoms with Gasteiger partial charge < -0.3 is 9.64 Å². The summed E-state index contributed by atoms with van der Waals surface area (Å²) in [6.07, 6.45) is 1.10. The summed E-state index contributed by atoms with van der Waals surface area (Å²) in [5.74, 6) is 0.0138. The van der Waals surface area contributed by atoms with Crippen LogP contribution in [0.25, 0.3) is 10.6 Å². The van der Waals surface area contributed by atoms with Crippen molar-refractivity contribution in [3.05, 3.63) is 59.1 Å². The fraction of sp³-hybridized carbons (Fsp3) is 0.360. The number of carbonyl (C=O) groups excluding carboxylic acids is 1. The molecule has 0 spiro atoms. The van der Waals surface area contributed by atoms with Crippen molar-refractivity contribution in [1.29, 1.82) is 0 Å². The number of nitrogens with zero attached hydrogens (tertiary/aromatic N) is 3. The van der Waals surface area contributed by atoms with Crippen molar-refractivity contribution in [2.45, 2.75) is 29.5 Å². The van der Waals surface area contributed by atoms with Gasteiger partial charge in [0.2, 0.25) is 6.41 Å². The third-order valence-electron chi connectivity index (χ3n) is 6.36. The van der Waals surface area contributed by atoms with Gasteiger partial charge >= 0.3 is 6.18 Å². The van der Waals surface area contributed by atoms with Crippen LogP contribution in [-0.2, 0) is 16.5 Å². The lowest BCUT2D eigenvalue weighted by Crippen LogP contribution is -2.55. The second-order valence-corrected chi connectivity index (χ2v) is 10.2. The number of hydrogen-bond acceptors (Lipinski definition) is 6. The van der Waals surface area contributed by atoms with E-state index in [0.717, 1.165) is 59.4 Å². The maximum absolute atomic E-state index is 13.6. The maximum Gasteiger partial charge on any atom is 0.416 e. The molecule has 1 aliphatic rings. The number of benzene rings is 2. The summed E-state index contributed by atoms with van der Waals surface area (Å²) < 4.78 is 46.3. The SMILES string of the molecule is COc1cc(C(F)(F)F)cc(SC)c1N(C=O)C1(c2cccc(-c3nccs3)c2)CCCN(C)C1. The van der Waals surface area contributed by atoms with Crippen LogP contribution in [-0.4, -0.2) is 49.8 Å². The zero-order chi connectivity index (χ0) is 25.2. The van der Waals surface area contributed by atoms with Crippen molar-refractivity contribution < 1.29 is 22.7 Å². The van der Waals surface area contributed by atoms with Crippen molar-refractivity contribution in [1.82, 2.24) is 9.88 Å². The Morgan fingerprint density at radius 1 is 1.29 bits per heavy atom. The zero-order valence-corrected chi connectivity index (χ0v) is 21.3. The van der Waals surface area contributed by atoms with Gasteiger partial charge in [-0.3, -0.25) is 9.69 Å². The minimum atomic E-state index is -4.53. The minimum absolute atomic E-state index is 0.0138. The molecule has 1 fully saturated rings. The lowest BCUT2D eigenvalue weighted by atomic mass is 9.80. The normalized spacial score (nSPS) is 18.9. The standard InChI is InChI=1S/C25H26F3N3O2S2/c1-30-10-5-8-24(15-30,18-7-4-6-17(12-18)23-29-9-11-35-23)31(16-32)22-20(33-2)13-19(25(26,27)28)14-21(22)34-3/h4,6-7,9,11-14,16H,5,8,10,15H2,1-3H3. The fourth-order valence-corrected chi connectivity index (χ4v) is 6.06. The quantitative estimate of drug-likeness (QED) is 0.276. The number of aromatic nitrogens is 1. The Bertz CT molecular complexity index is 1160. The van der Waals surface area contributed by atoms with Crippen molar-refractivity contribution in [3.63, 3.8) is 0 Å². The number of alkyl halides is 3. The number of amides is 1. The van der Waals surface area contributed by atoms with Gasteiger partial charge in [-0.15, -0.1) is 23.1 Å². The Morgan fingerprint density at radius 3 is 2.69 bits per heavy atom. The Labute approximate surface area is 210 Å². The van der Waals surface area contributed by atoms with E-state index < -0.39 is 17.3 Å². The molecule has 1 atom stereocenters. The van der Waals surface area contributed by atoms with Crippen LogP contribution in [0.15, 0.2) is 52.9 Å². The number of rotatable bonds is 7. The Hall–Kier alpha value is -2.56. The summed E-state index contributed by atoms with van der Waals surface area (Å²) in [5.41, 5.74) is 0.560. The van der Waals surface area contributed by atoms with Crippen LogP contribution in [0.1, 0.15) is 24.0 Å². The second-order valence-electron chi connectivity index (χ2n) is 8.49. The number of likely N-dealkylation sites (N-methyl/N-ethyl adjacent to an activating group) is 1. The molecule has 1 unspecified atom stereocenters. The van der Waals surface area contributed by atoms with E-state index >= 15 is 0 Å². The predicted molar refractivity (Wildman–Crippen MR) is 134 cm³/mol. The number of thioether (sulfide) groups is 1. The summed E-state index contributed by atoms with van der Waals surface area (Å²) >= 11 is 2.68. The molecule has 2 aromatic carbocycles. The molecule has 1 amide bonds. The van der Waals surface area contributed by atoms with Gasteiger partial charge in [0, 0.05) is 28.6 Å². The number of likely N-dealkylation sites (tertiary alicyclic amines) is 1. The van der Waals surface area contributed by atoms with Crippen molar-refractivity contribution in [2.24, 2.45) is 0 Å². The number of methoxy groups -OCH3 is 1. The maximum atomic E-state index is 13.6. The van der Waals surface area contributed by atoms with Crippen LogP contribution < -0.4 is 9.64 Å². The van der Waals surface area contributed by atoms with Crippen molar-refractivity contribution >= 4 is 35.2 Å². The molecular formula is C25H26F3N3O2S2. The van der Waals surface area contributed by atoms with E-state index in [0.29, 0.717) is 23.5 Å². The molecule has 0 radical (unpaired) electrons. The molecule has 5 nitrogen and oxygen atoms in total. The van der Waals surface area contributed by atoms with E-state index in [1.165, 1.54) is 18.4 Å². The number of piperidine rings is 1. The molecule has 10 heteroatoms. The molecule has 4 rings (SSSR count). The molecule has 1 saturated heterocycles. The van der Waals surface area contributed by atoms with Crippen molar-refractivity contribution in [3.8, 4) is 16.3 Å². The molecule has 0 bridgehead atoms. The average Bonchev–Trinajstić information content (AvgIpc) is 3.39. The molecule has 0 saturated carbocycles. The number of thiazole rings is 1. The van der Waals surface area contributed by atoms with E-state index in [2.05, 4.69) is 9.88 Å². The number of anilines is 1. The van der Waals surface area contributed by atoms with Gasteiger partial charge in [0.1, 0.15) is 16.4 Å². The highest BCUT2D eigenvalue weighted by molar-refractivity contribution is 7.98. The first-order valence-corrected chi connectivity index (χ1v) is 13.1. The van der Waals surface area contributed by atoms with Gasteiger partial charge in [0.15, 0.2) is 0 Å². The summed E-state index contributed by atoms with van der Waals surface area (Å²) in [6.45, 7) is 1.38. The molecule has 1 aromatic heterocycles. The lowest BCUT2D eigenvalue weighted by molar-refractivity contribution is -0.137. The molecule has 186 valence electrons.